The van der Waals surface area contributed by atoms with Crippen LogP contribution in [0.1, 0.15) is 13.8 Å². The van der Waals surface area contributed by atoms with Gasteiger partial charge in [0.25, 0.3) is 5.66 Å². The van der Waals surface area contributed by atoms with Gasteiger partial charge in [-0.2, -0.15) is 0 Å². The summed E-state index contributed by atoms with van der Waals surface area (Å²) in [4.78, 5) is 22.4. The Bertz CT molecular complexity index is 205. The average Bonchev–Trinajstić information content (AvgIpc) is 2.85. The molecular weight excluding hydrogens is 176 g/mol. The lowest BCUT2D eigenvalue weighted by Gasteiger charge is -2.08. The predicted octanol–water partition coefficient (Wildman–Crippen LogP) is -1.08. The number of hydrogen-bond acceptors (Lipinski definition) is 6. The number of nitrogens with one attached hydrogen (secondary N) is 2. The lowest BCUT2D eigenvalue weighted by Crippen LogP contribution is -2.41. The predicted molar refractivity (Wildman–Crippen MR) is 42.3 cm³/mol. The van der Waals surface area contributed by atoms with Gasteiger partial charge in [-0.15, -0.1) is 0 Å². The summed E-state index contributed by atoms with van der Waals surface area (Å²) in [6.07, 6.45) is 0. The van der Waals surface area contributed by atoms with E-state index in [2.05, 4.69) is 20.3 Å². The van der Waals surface area contributed by atoms with Crippen molar-refractivity contribution in [1.29, 1.82) is 0 Å². The van der Waals surface area contributed by atoms with Crippen LogP contribution in [0, 0.1) is 0 Å². The summed E-state index contributed by atoms with van der Waals surface area (Å²) in [6, 6.07) is 0. The maximum absolute atomic E-state index is 11.2. The minimum absolute atomic E-state index is 0.226. The summed E-state index contributed by atoms with van der Waals surface area (Å²) in [7, 11) is 0. The quantitative estimate of drug-likeness (QED) is 0.331. The molecule has 0 unspecified atom stereocenters. The Labute approximate surface area is 75.5 Å². The molecular formula is C7H12N2O4. The van der Waals surface area contributed by atoms with E-state index in [0.717, 1.165) is 0 Å². The van der Waals surface area contributed by atoms with Crippen molar-refractivity contribution in [2.24, 2.45) is 0 Å². The highest BCUT2D eigenvalue weighted by Gasteiger charge is 2.60. The zero-order valence-electron chi connectivity index (χ0n) is 7.55. The molecule has 0 amide bonds. The molecule has 6 nitrogen and oxygen atoms in total. The lowest BCUT2D eigenvalue weighted by molar-refractivity contribution is -0.159. The highest BCUT2D eigenvalue weighted by atomic mass is 16.6. The van der Waals surface area contributed by atoms with Gasteiger partial charge in [0, 0.05) is 0 Å². The van der Waals surface area contributed by atoms with Crippen LogP contribution < -0.4 is 10.9 Å². The third-order valence-electron chi connectivity index (χ3n) is 1.54. The molecule has 0 aromatic rings. The molecule has 0 bridgehead atoms. The molecule has 0 aromatic heterocycles. The van der Waals surface area contributed by atoms with Crippen LogP contribution in [0.2, 0.25) is 0 Å². The standard InChI is InChI=1S/C7H12N2O4/c1-3-12-5(10)7(8-9-7)6(11)13-4-2/h8-9H,3-4H2,1-2H3. The van der Waals surface area contributed by atoms with Crippen molar-refractivity contribution in [3.05, 3.63) is 0 Å². The Morgan fingerprint density at radius 2 is 1.46 bits per heavy atom. The fraction of sp³-hybridized carbons (Fsp3) is 0.714. The van der Waals surface area contributed by atoms with E-state index >= 15 is 0 Å². The van der Waals surface area contributed by atoms with Crippen molar-refractivity contribution < 1.29 is 19.1 Å². The molecule has 1 saturated heterocycles. The zero-order chi connectivity index (χ0) is 9.90. The van der Waals surface area contributed by atoms with Gasteiger partial charge >= 0.3 is 11.9 Å². The molecule has 74 valence electrons. The molecule has 0 saturated carbocycles. The van der Waals surface area contributed by atoms with E-state index in [1.807, 2.05) is 0 Å². The third-order valence-corrected chi connectivity index (χ3v) is 1.54. The third kappa shape index (κ3) is 1.78. The molecule has 0 spiro atoms. The van der Waals surface area contributed by atoms with Crippen LogP contribution in [0.3, 0.4) is 0 Å². The Balaban J connectivity index is 2.55. The van der Waals surface area contributed by atoms with Crippen LogP contribution >= 0.6 is 0 Å². The second kappa shape index (κ2) is 3.71. The van der Waals surface area contributed by atoms with Gasteiger partial charge in [-0.1, -0.05) is 0 Å². The SMILES string of the molecule is CCOC(=O)C1(C(=O)OCC)NN1. The van der Waals surface area contributed by atoms with Crippen molar-refractivity contribution >= 4 is 11.9 Å². The summed E-state index contributed by atoms with van der Waals surface area (Å²) in [5.74, 6) is -1.32. The highest BCUT2D eigenvalue weighted by Crippen LogP contribution is 2.14. The molecule has 0 radical (unpaired) electrons. The van der Waals surface area contributed by atoms with E-state index in [-0.39, 0.29) is 13.2 Å². The molecule has 1 fully saturated rings. The summed E-state index contributed by atoms with van der Waals surface area (Å²) >= 11 is 0. The summed E-state index contributed by atoms with van der Waals surface area (Å²) in [6.45, 7) is 3.78. The Morgan fingerprint density at radius 3 is 1.69 bits per heavy atom. The van der Waals surface area contributed by atoms with Crippen molar-refractivity contribution in [3.63, 3.8) is 0 Å². The Hall–Kier alpha value is -1.14. The van der Waals surface area contributed by atoms with E-state index in [4.69, 9.17) is 0 Å². The fourth-order valence-corrected chi connectivity index (χ4v) is 0.829. The monoisotopic (exact) mass is 188 g/mol. The van der Waals surface area contributed by atoms with Crippen molar-refractivity contribution in [3.8, 4) is 0 Å². The smallest absolute Gasteiger partial charge is 0.356 e. The molecule has 1 aliphatic rings. The van der Waals surface area contributed by atoms with E-state index in [9.17, 15) is 9.59 Å². The molecule has 0 aromatic carbocycles. The summed E-state index contributed by atoms with van der Waals surface area (Å²) in [5.41, 5.74) is 3.38. The zero-order valence-corrected chi connectivity index (χ0v) is 7.55. The van der Waals surface area contributed by atoms with E-state index in [1.165, 1.54) is 0 Å². The number of ether oxygens (including phenoxy) is 2. The topological polar surface area (TPSA) is 96.5 Å². The summed E-state index contributed by atoms with van der Waals surface area (Å²) < 4.78 is 9.34. The molecule has 13 heavy (non-hydrogen) atoms. The van der Waals surface area contributed by atoms with Crippen molar-refractivity contribution in [2.75, 3.05) is 13.2 Å². The first kappa shape index (κ1) is 9.94. The first-order valence-corrected chi connectivity index (χ1v) is 4.06. The number of hydrogen-bond donors (Lipinski definition) is 2. The molecule has 2 N–H and O–H groups in total. The van der Waals surface area contributed by atoms with Crippen molar-refractivity contribution in [1.82, 2.24) is 10.9 Å². The van der Waals surface area contributed by atoms with Gasteiger partial charge < -0.3 is 9.47 Å². The van der Waals surface area contributed by atoms with Crippen LogP contribution in [-0.2, 0) is 19.1 Å². The second-order valence-electron chi connectivity index (χ2n) is 2.44. The van der Waals surface area contributed by atoms with Gasteiger partial charge in [0.2, 0.25) is 0 Å². The van der Waals surface area contributed by atoms with Crippen LogP contribution in [0.5, 0.6) is 0 Å². The number of carbonyl (C=O) groups is 2. The molecule has 0 aliphatic carbocycles. The molecule has 1 aliphatic heterocycles. The van der Waals surface area contributed by atoms with E-state index < -0.39 is 17.6 Å². The second-order valence-corrected chi connectivity index (χ2v) is 2.44. The maximum atomic E-state index is 11.2. The minimum Gasteiger partial charge on any atom is -0.463 e. The van der Waals surface area contributed by atoms with Gasteiger partial charge in [0.05, 0.1) is 13.2 Å². The fourth-order valence-electron chi connectivity index (χ4n) is 0.829. The van der Waals surface area contributed by atoms with Crippen molar-refractivity contribution in [2.45, 2.75) is 19.5 Å². The minimum atomic E-state index is -1.45. The Kier molecular flexibility index (Phi) is 2.84. The van der Waals surface area contributed by atoms with Gasteiger partial charge in [-0.3, -0.25) is 0 Å². The molecule has 1 heterocycles. The highest BCUT2D eigenvalue weighted by molar-refractivity contribution is 6.07. The van der Waals surface area contributed by atoms with E-state index in [1.54, 1.807) is 13.8 Å². The largest absolute Gasteiger partial charge is 0.463 e. The number of rotatable bonds is 4. The van der Waals surface area contributed by atoms with Crippen LogP contribution in [0.15, 0.2) is 0 Å². The van der Waals surface area contributed by atoms with Crippen LogP contribution in [-0.4, -0.2) is 30.8 Å². The number of esters is 2. The first-order valence-electron chi connectivity index (χ1n) is 4.06. The number of carbonyl (C=O) groups excluding carboxylic acids is 2. The average molecular weight is 188 g/mol. The normalized spacial score (nSPS) is 17.7. The van der Waals surface area contributed by atoms with Crippen LogP contribution in [0.25, 0.3) is 0 Å². The van der Waals surface area contributed by atoms with Gasteiger partial charge in [0.1, 0.15) is 0 Å². The van der Waals surface area contributed by atoms with Gasteiger partial charge in [-0.25, -0.2) is 20.4 Å². The van der Waals surface area contributed by atoms with Crippen LogP contribution in [0.4, 0.5) is 0 Å². The first-order chi connectivity index (χ1) is 6.17. The Morgan fingerprint density at radius 1 is 1.08 bits per heavy atom. The molecule has 1 rings (SSSR count). The molecule has 0 atom stereocenters. The maximum Gasteiger partial charge on any atom is 0.356 e. The summed E-state index contributed by atoms with van der Waals surface area (Å²) in [5, 5.41) is 0. The van der Waals surface area contributed by atoms with E-state index in [0.29, 0.717) is 0 Å². The van der Waals surface area contributed by atoms with Gasteiger partial charge in [0.15, 0.2) is 0 Å². The van der Waals surface area contributed by atoms with Gasteiger partial charge in [-0.05, 0) is 13.8 Å². The lowest BCUT2D eigenvalue weighted by atomic mass is 10.2. The number of hydrazine groups is 1. The molecule has 6 heteroatoms.